The van der Waals surface area contributed by atoms with Gasteiger partial charge in [-0.3, -0.25) is 0 Å². The molecule has 3 aromatic rings. The fraction of sp³-hybridized carbons (Fsp3) is 0.278. The number of benzene rings is 1. The molecule has 3 rings (SSSR count). The Bertz CT molecular complexity index is 969. The maximum Gasteiger partial charge on any atom is 0.244 e. The minimum atomic E-state index is -3.54. The van der Waals surface area contributed by atoms with Gasteiger partial charge in [0, 0.05) is 23.3 Å². The lowest BCUT2D eigenvalue weighted by molar-refractivity contribution is 0.466. The number of nitrogens with zero attached hydrogens (tertiary/aromatic N) is 2. The van der Waals surface area contributed by atoms with E-state index in [1.165, 1.54) is 15.6 Å². The molecule has 0 aliphatic carbocycles. The van der Waals surface area contributed by atoms with E-state index in [9.17, 15) is 8.42 Å². The summed E-state index contributed by atoms with van der Waals surface area (Å²) in [5.74, 6) is 0. The van der Waals surface area contributed by atoms with Crippen LogP contribution in [-0.4, -0.2) is 24.8 Å². The van der Waals surface area contributed by atoms with Crippen molar-refractivity contribution in [3.05, 3.63) is 57.4 Å². The maximum absolute atomic E-state index is 13.0. The molecule has 0 spiro atoms. The molecule has 0 saturated heterocycles. The van der Waals surface area contributed by atoms with Gasteiger partial charge in [0.1, 0.15) is 5.01 Å². The third kappa shape index (κ3) is 3.69. The molecule has 0 aliphatic rings. The molecule has 132 valence electrons. The summed E-state index contributed by atoms with van der Waals surface area (Å²) in [5.41, 5.74) is 1.96. The Balaban J connectivity index is 1.92. The molecule has 0 amide bonds. The van der Waals surface area contributed by atoms with E-state index in [0.717, 1.165) is 30.9 Å². The fourth-order valence-corrected chi connectivity index (χ4v) is 6.17. The largest absolute Gasteiger partial charge is 0.244 e. The van der Waals surface area contributed by atoms with Crippen molar-refractivity contribution < 1.29 is 8.42 Å². The van der Waals surface area contributed by atoms with Crippen LogP contribution >= 0.6 is 22.7 Å². The first-order valence-corrected chi connectivity index (χ1v) is 10.9. The van der Waals surface area contributed by atoms with Gasteiger partial charge in [-0.25, -0.2) is 13.4 Å². The Morgan fingerprint density at radius 2 is 1.72 bits per heavy atom. The van der Waals surface area contributed by atoms with E-state index in [0.29, 0.717) is 11.4 Å². The molecule has 4 nitrogen and oxygen atoms in total. The molecule has 0 radical (unpaired) electrons. The summed E-state index contributed by atoms with van der Waals surface area (Å²) >= 11 is 3.08. The van der Waals surface area contributed by atoms with Gasteiger partial charge in [0.25, 0.3) is 0 Å². The topological polar surface area (TPSA) is 50.3 Å². The zero-order chi connectivity index (χ0) is 18.2. The van der Waals surface area contributed by atoms with Gasteiger partial charge in [-0.1, -0.05) is 30.3 Å². The van der Waals surface area contributed by atoms with Gasteiger partial charge in [-0.2, -0.15) is 4.31 Å². The summed E-state index contributed by atoms with van der Waals surface area (Å²) < 4.78 is 27.4. The van der Waals surface area contributed by atoms with Crippen LogP contribution in [0.2, 0.25) is 0 Å². The van der Waals surface area contributed by atoms with Crippen molar-refractivity contribution in [2.75, 3.05) is 7.05 Å². The van der Waals surface area contributed by atoms with Crippen LogP contribution in [0, 0.1) is 20.8 Å². The summed E-state index contributed by atoms with van der Waals surface area (Å²) in [4.78, 5) is 7.78. The third-order valence-corrected chi connectivity index (χ3v) is 8.40. The first kappa shape index (κ1) is 18.3. The number of sulfonamides is 1. The van der Waals surface area contributed by atoms with Crippen molar-refractivity contribution in [2.45, 2.75) is 32.2 Å². The lowest BCUT2D eigenvalue weighted by Gasteiger charge is -2.17. The van der Waals surface area contributed by atoms with Crippen molar-refractivity contribution in [3.63, 3.8) is 0 Å². The van der Waals surface area contributed by atoms with Crippen molar-refractivity contribution in [1.29, 1.82) is 0 Å². The molecule has 0 aliphatic heterocycles. The second-order valence-electron chi connectivity index (χ2n) is 5.94. The molecule has 0 saturated carbocycles. The maximum atomic E-state index is 13.0. The number of hydrogen-bond acceptors (Lipinski definition) is 5. The summed E-state index contributed by atoms with van der Waals surface area (Å²) in [6.45, 7) is 6.21. The van der Waals surface area contributed by atoms with Crippen LogP contribution in [0.25, 0.3) is 9.88 Å². The first-order chi connectivity index (χ1) is 11.8. The van der Waals surface area contributed by atoms with E-state index in [2.05, 4.69) is 4.98 Å². The highest BCUT2D eigenvalue weighted by molar-refractivity contribution is 7.89. The molecule has 25 heavy (non-hydrogen) atoms. The monoisotopic (exact) mass is 392 g/mol. The first-order valence-electron chi connectivity index (χ1n) is 7.84. The van der Waals surface area contributed by atoms with Gasteiger partial charge in [-0.05, 0) is 32.4 Å². The van der Waals surface area contributed by atoms with Crippen molar-refractivity contribution in [1.82, 2.24) is 9.29 Å². The number of hydrogen-bond donors (Lipinski definition) is 0. The molecule has 1 aromatic carbocycles. The van der Waals surface area contributed by atoms with Gasteiger partial charge in [0.15, 0.2) is 0 Å². The SMILES string of the molecule is Cc1nc(-c2cc(S(=O)(=O)N(C)Cc3ccccc3)c(C)s2)sc1C. The Morgan fingerprint density at radius 1 is 1.04 bits per heavy atom. The highest BCUT2D eigenvalue weighted by Crippen LogP contribution is 2.37. The second kappa shape index (κ2) is 6.99. The summed E-state index contributed by atoms with van der Waals surface area (Å²) in [7, 11) is -1.92. The normalized spacial score (nSPS) is 12.0. The van der Waals surface area contributed by atoms with E-state index < -0.39 is 10.0 Å². The van der Waals surface area contributed by atoms with Crippen molar-refractivity contribution in [2.24, 2.45) is 0 Å². The van der Waals surface area contributed by atoms with Gasteiger partial charge >= 0.3 is 0 Å². The zero-order valence-electron chi connectivity index (χ0n) is 14.6. The average Bonchev–Trinajstić information content (AvgIpc) is 3.12. The Morgan fingerprint density at radius 3 is 2.32 bits per heavy atom. The Labute approximate surface area is 156 Å². The molecular weight excluding hydrogens is 372 g/mol. The highest BCUT2D eigenvalue weighted by atomic mass is 32.2. The van der Waals surface area contributed by atoms with Crippen LogP contribution < -0.4 is 0 Å². The molecule has 0 atom stereocenters. The standard InChI is InChI=1S/C18H20N2O2S3/c1-12-13(2)24-18(19-12)16-10-17(14(3)23-16)25(21,22)20(4)11-15-8-6-5-7-9-15/h5-10H,11H2,1-4H3. The van der Waals surface area contributed by atoms with Crippen LogP contribution in [0.5, 0.6) is 0 Å². The highest BCUT2D eigenvalue weighted by Gasteiger charge is 2.26. The predicted molar refractivity (Wildman–Crippen MR) is 105 cm³/mol. The van der Waals surface area contributed by atoms with Gasteiger partial charge < -0.3 is 0 Å². The smallest absolute Gasteiger partial charge is 0.240 e. The zero-order valence-corrected chi connectivity index (χ0v) is 17.1. The summed E-state index contributed by atoms with van der Waals surface area (Å²) in [6, 6.07) is 11.4. The predicted octanol–water partition coefficient (Wildman–Crippen LogP) is 4.62. The van der Waals surface area contributed by atoms with Crippen molar-refractivity contribution >= 4 is 32.7 Å². The van der Waals surface area contributed by atoms with Crippen LogP contribution in [0.15, 0.2) is 41.3 Å². The fourth-order valence-electron chi connectivity index (χ4n) is 2.50. The molecule has 2 aromatic heterocycles. The molecule has 0 unspecified atom stereocenters. The van der Waals surface area contributed by atoms with Gasteiger partial charge in [0.05, 0.1) is 15.5 Å². The number of aromatic nitrogens is 1. The van der Waals surface area contributed by atoms with Crippen LogP contribution in [0.3, 0.4) is 0 Å². The van der Waals surface area contributed by atoms with Crippen LogP contribution in [0.4, 0.5) is 0 Å². The van der Waals surface area contributed by atoms with Crippen molar-refractivity contribution in [3.8, 4) is 9.88 Å². The number of thiazole rings is 1. The summed E-state index contributed by atoms with van der Waals surface area (Å²) in [6.07, 6.45) is 0. The Hall–Kier alpha value is -1.54. The van der Waals surface area contributed by atoms with Crippen LogP contribution in [-0.2, 0) is 16.6 Å². The molecule has 0 N–H and O–H groups in total. The number of aryl methyl sites for hydroxylation is 3. The van der Waals surface area contributed by atoms with E-state index >= 15 is 0 Å². The van der Waals surface area contributed by atoms with E-state index in [-0.39, 0.29) is 0 Å². The quantitative estimate of drug-likeness (QED) is 0.637. The third-order valence-electron chi connectivity index (χ3n) is 4.05. The molecule has 2 heterocycles. The summed E-state index contributed by atoms with van der Waals surface area (Å²) in [5, 5.41) is 0.885. The van der Waals surface area contributed by atoms with E-state index in [1.807, 2.05) is 51.1 Å². The Kier molecular flexibility index (Phi) is 5.11. The molecule has 0 bridgehead atoms. The van der Waals surface area contributed by atoms with Crippen LogP contribution in [0.1, 0.15) is 21.0 Å². The number of thiophene rings is 1. The average molecular weight is 393 g/mol. The molecule has 0 fully saturated rings. The minimum Gasteiger partial charge on any atom is -0.240 e. The lowest BCUT2D eigenvalue weighted by atomic mass is 10.2. The minimum absolute atomic E-state index is 0.350. The number of rotatable bonds is 5. The molecule has 7 heteroatoms. The lowest BCUT2D eigenvalue weighted by Crippen LogP contribution is -2.26. The van der Waals surface area contributed by atoms with Gasteiger partial charge in [-0.15, -0.1) is 22.7 Å². The van der Waals surface area contributed by atoms with Gasteiger partial charge in [0.2, 0.25) is 10.0 Å². The second-order valence-corrected chi connectivity index (χ2v) is 10.4. The van der Waals surface area contributed by atoms with E-state index in [1.54, 1.807) is 24.5 Å². The van der Waals surface area contributed by atoms with E-state index in [4.69, 9.17) is 0 Å². The molecular formula is C18H20N2O2S3.